The van der Waals surface area contributed by atoms with Crippen LogP contribution in [0.3, 0.4) is 0 Å². The summed E-state index contributed by atoms with van der Waals surface area (Å²) in [5, 5.41) is 21.2. The van der Waals surface area contributed by atoms with Gasteiger partial charge >= 0.3 is 5.91 Å². The number of halogens is 2. The van der Waals surface area contributed by atoms with Crippen LogP contribution in [0.15, 0.2) is 76.6 Å². The first kappa shape index (κ1) is 30.9. The van der Waals surface area contributed by atoms with Crippen molar-refractivity contribution in [1.82, 2.24) is 10.2 Å². The number of benzene rings is 3. The molecule has 1 atom stereocenters. The number of thioether (sulfide) groups is 1. The molecule has 1 fully saturated rings. The highest BCUT2D eigenvalue weighted by molar-refractivity contribution is 8.00. The molecule has 3 aromatic carbocycles. The molecule has 1 aliphatic heterocycles. The summed E-state index contributed by atoms with van der Waals surface area (Å²) in [6.07, 6.45) is 1.85. The molecule has 1 aromatic heterocycles. The second-order valence-corrected chi connectivity index (χ2v) is 12.5. The largest absolute Gasteiger partial charge is 0.507 e. The highest BCUT2D eigenvalue weighted by Crippen LogP contribution is 2.45. The highest BCUT2D eigenvalue weighted by Gasteiger charge is 2.48. The summed E-state index contributed by atoms with van der Waals surface area (Å²) in [6, 6.07) is 18.1. The molecule has 0 bridgehead atoms. The van der Waals surface area contributed by atoms with Crippen LogP contribution in [0.2, 0.25) is 10.0 Å². The zero-order valence-electron chi connectivity index (χ0n) is 23.3. The lowest BCUT2D eigenvalue weighted by atomic mass is 9.95. The van der Waals surface area contributed by atoms with Crippen LogP contribution < -0.4 is 14.4 Å². The Labute approximate surface area is 267 Å². The molecule has 1 aliphatic rings. The van der Waals surface area contributed by atoms with E-state index in [1.807, 2.05) is 6.07 Å². The highest BCUT2D eigenvalue weighted by atomic mass is 35.5. The summed E-state index contributed by atoms with van der Waals surface area (Å²) in [6.45, 7) is 2.59. The number of ether oxygens (including phenoxy) is 2. The van der Waals surface area contributed by atoms with E-state index in [0.717, 1.165) is 29.7 Å². The minimum absolute atomic E-state index is 0.0600. The maximum absolute atomic E-state index is 13.6. The van der Waals surface area contributed by atoms with Crippen molar-refractivity contribution in [2.24, 2.45) is 0 Å². The molecule has 8 nitrogen and oxygen atoms in total. The fraction of sp³-hybridized carbons (Fsp3) is 0.226. The van der Waals surface area contributed by atoms with Crippen molar-refractivity contribution in [3.63, 3.8) is 0 Å². The third-order valence-corrected chi connectivity index (χ3v) is 9.41. The number of carbonyl (C=O) groups is 2. The Morgan fingerprint density at radius 3 is 2.56 bits per heavy atom. The van der Waals surface area contributed by atoms with Crippen molar-refractivity contribution >= 4 is 68.9 Å². The lowest BCUT2D eigenvalue weighted by molar-refractivity contribution is -0.132. The van der Waals surface area contributed by atoms with Crippen LogP contribution in [0.1, 0.15) is 42.5 Å². The first-order chi connectivity index (χ1) is 20.8. The fourth-order valence-corrected chi connectivity index (χ4v) is 6.96. The molecule has 12 heteroatoms. The van der Waals surface area contributed by atoms with Gasteiger partial charge < -0.3 is 14.6 Å². The molecule has 5 rings (SSSR count). The standard InChI is InChI=1S/C31H27Cl2N3O5S2/c1-3-4-14-41-23-13-11-19(15-24(23)40-2)26-25(27(37)18-8-6-5-7-9-18)28(38)29(39)36(26)30-34-35-31(43-30)42-17-20-10-12-21(32)16-22(20)33/h5-13,15-16,26,37H,3-4,14,17H2,1-2H3/b27-25-. The number of Topliss-reactive ketones (excluding diaryl/α,β-unsaturated/α-hetero) is 1. The SMILES string of the molecule is CCCCOc1ccc(C2/C(=C(/O)c3ccccc3)C(=O)C(=O)N2c2nnc(SCc3ccc(Cl)cc3Cl)s2)cc1OC. The van der Waals surface area contributed by atoms with Crippen LogP contribution in [-0.4, -0.2) is 40.7 Å². The summed E-state index contributed by atoms with van der Waals surface area (Å²) in [7, 11) is 1.52. The Hall–Kier alpha value is -3.57. The van der Waals surface area contributed by atoms with Gasteiger partial charge in [0.1, 0.15) is 5.76 Å². The third kappa shape index (κ3) is 6.67. The van der Waals surface area contributed by atoms with Gasteiger partial charge in [-0.25, -0.2) is 0 Å². The number of aliphatic hydroxyl groups excluding tert-OH is 1. The Kier molecular flexibility index (Phi) is 9.92. The molecule has 2 heterocycles. The van der Waals surface area contributed by atoms with E-state index in [2.05, 4.69) is 17.1 Å². The fourth-order valence-electron chi connectivity index (χ4n) is 4.53. The maximum Gasteiger partial charge on any atom is 0.301 e. The van der Waals surface area contributed by atoms with Crippen molar-refractivity contribution in [3.05, 3.63) is 99.0 Å². The van der Waals surface area contributed by atoms with Crippen LogP contribution in [0.4, 0.5) is 5.13 Å². The van der Waals surface area contributed by atoms with Gasteiger partial charge in [-0.1, -0.05) is 102 Å². The molecule has 1 amide bonds. The van der Waals surface area contributed by atoms with E-state index in [1.54, 1.807) is 60.7 Å². The van der Waals surface area contributed by atoms with E-state index >= 15 is 0 Å². The lowest BCUT2D eigenvalue weighted by Crippen LogP contribution is -2.29. The Morgan fingerprint density at radius 2 is 1.84 bits per heavy atom. The third-order valence-electron chi connectivity index (χ3n) is 6.72. The molecule has 0 spiro atoms. The minimum atomic E-state index is -0.990. The maximum atomic E-state index is 13.6. The number of anilines is 1. The Balaban J connectivity index is 1.54. The number of hydrogen-bond acceptors (Lipinski definition) is 9. The molecule has 1 saturated heterocycles. The predicted octanol–water partition coefficient (Wildman–Crippen LogP) is 7.95. The number of rotatable bonds is 11. The summed E-state index contributed by atoms with van der Waals surface area (Å²) in [5.74, 6) is -0.464. The van der Waals surface area contributed by atoms with Crippen LogP contribution >= 0.6 is 46.3 Å². The molecule has 0 radical (unpaired) electrons. The van der Waals surface area contributed by atoms with E-state index in [1.165, 1.54) is 23.8 Å². The smallest absolute Gasteiger partial charge is 0.301 e. The van der Waals surface area contributed by atoms with Crippen molar-refractivity contribution in [2.75, 3.05) is 18.6 Å². The summed E-state index contributed by atoms with van der Waals surface area (Å²) in [4.78, 5) is 28.4. The average molecular weight is 657 g/mol. The van der Waals surface area contributed by atoms with Crippen molar-refractivity contribution in [2.45, 2.75) is 35.9 Å². The van der Waals surface area contributed by atoms with Gasteiger partial charge in [-0.2, -0.15) is 0 Å². The van der Waals surface area contributed by atoms with E-state index in [-0.39, 0.29) is 16.5 Å². The van der Waals surface area contributed by atoms with Gasteiger partial charge in [0.15, 0.2) is 15.8 Å². The van der Waals surface area contributed by atoms with Gasteiger partial charge in [0, 0.05) is 21.4 Å². The van der Waals surface area contributed by atoms with Crippen LogP contribution in [0, 0.1) is 0 Å². The van der Waals surface area contributed by atoms with Crippen LogP contribution in [0.5, 0.6) is 11.5 Å². The second kappa shape index (κ2) is 13.8. The summed E-state index contributed by atoms with van der Waals surface area (Å²) >= 11 is 14.9. The van der Waals surface area contributed by atoms with Gasteiger partial charge in [-0.15, -0.1) is 10.2 Å². The number of hydrogen-bond donors (Lipinski definition) is 1. The predicted molar refractivity (Wildman–Crippen MR) is 171 cm³/mol. The van der Waals surface area contributed by atoms with Crippen molar-refractivity contribution < 1.29 is 24.2 Å². The first-order valence-corrected chi connectivity index (χ1v) is 16.0. The average Bonchev–Trinajstić information content (AvgIpc) is 3.58. The van der Waals surface area contributed by atoms with Gasteiger partial charge in [0.25, 0.3) is 5.78 Å². The number of aliphatic hydroxyl groups is 1. The number of amides is 1. The Morgan fingerprint density at radius 1 is 1.05 bits per heavy atom. The molecule has 1 N–H and O–H groups in total. The van der Waals surface area contributed by atoms with Crippen LogP contribution in [-0.2, 0) is 15.3 Å². The van der Waals surface area contributed by atoms with Crippen LogP contribution in [0.25, 0.3) is 5.76 Å². The summed E-state index contributed by atoms with van der Waals surface area (Å²) < 4.78 is 12.1. The van der Waals surface area contributed by atoms with E-state index in [0.29, 0.717) is 49.4 Å². The quantitative estimate of drug-likeness (QED) is 0.0434. The normalized spacial score (nSPS) is 16.1. The molecule has 222 valence electrons. The van der Waals surface area contributed by atoms with E-state index in [4.69, 9.17) is 32.7 Å². The molecule has 0 saturated carbocycles. The molecular formula is C31H27Cl2N3O5S2. The zero-order chi connectivity index (χ0) is 30.5. The molecule has 43 heavy (non-hydrogen) atoms. The molecule has 1 unspecified atom stereocenters. The van der Waals surface area contributed by atoms with Gasteiger partial charge in [0.05, 0.1) is 25.3 Å². The second-order valence-electron chi connectivity index (χ2n) is 9.52. The topological polar surface area (TPSA) is 102 Å². The number of ketones is 1. The van der Waals surface area contributed by atoms with E-state index < -0.39 is 17.7 Å². The minimum Gasteiger partial charge on any atom is -0.507 e. The van der Waals surface area contributed by atoms with Gasteiger partial charge in [0.2, 0.25) is 5.13 Å². The van der Waals surface area contributed by atoms with E-state index in [9.17, 15) is 14.7 Å². The number of methoxy groups -OCH3 is 1. The zero-order valence-corrected chi connectivity index (χ0v) is 26.4. The van der Waals surface area contributed by atoms with Gasteiger partial charge in [-0.05, 0) is 41.8 Å². The number of carbonyl (C=O) groups excluding carboxylic acids is 2. The van der Waals surface area contributed by atoms with Crippen molar-refractivity contribution in [3.8, 4) is 11.5 Å². The Bertz CT molecular complexity index is 1680. The lowest BCUT2D eigenvalue weighted by Gasteiger charge is -2.23. The number of aromatic nitrogens is 2. The first-order valence-electron chi connectivity index (χ1n) is 13.4. The molecule has 4 aromatic rings. The monoisotopic (exact) mass is 655 g/mol. The molecule has 0 aliphatic carbocycles. The molecular weight excluding hydrogens is 629 g/mol. The van der Waals surface area contributed by atoms with Gasteiger partial charge in [-0.3, -0.25) is 14.5 Å². The number of unbranched alkanes of at least 4 members (excludes halogenated alkanes) is 1. The van der Waals surface area contributed by atoms with Crippen molar-refractivity contribution in [1.29, 1.82) is 0 Å². The summed E-state index contributed by atoms with van der Waals surface area (Å²) in [5.41, 5.74) is 1.75. The number of nitrogens with zero attached hydrogens (tertiary/aromatic N) is 3.